The minimum absolute atomic E-state index is 0.305. The van der Waals surface area contributed by atoms with Crippen molar-refractivity contribution in [2.75, 3.05) is 13.2 Å². The van der Waals surface area contributed by atoms with Crippen molar-refractivity contribution in [2.45, 2.75) is 27.3 Å². The predicted molar refractivity (Wildman–Crippen MR) is 67.9 cm³/mol. The molecule has 1 aromatic carbocycles. The number of carbonyl (C=O) groups excluding carboxylic acids is 1. The van der Waals surface area contributed by atoms with Crippen LogP contribution >= 0.6 is 0 Å². The van der Waals surface area contributed by atoms with E-state index in [1.165, 1.54) is 22.3 Å². The number of nitrogens with two attached hydrogens (primary N) is 1. The molecule has 0 spiro atoms. The molecule has 0 heterocycles. The van der Waals surface area contributed by atoms with Gasteiger partial charge in [-0.3, -0.25) is 0 Å². The maximum atomic E-state index is 10.4. The van der Waals surface area contributed by atoms with Crippen molar-refractivity contribution >= 4 is 6.09 Å². The van der Waals surface area contributed by atoms with Crippen molar-refractivity contribution in [3.63, 3.8) is 0 Å². The van der Waals surface area contributed by atoms with Crippen LogP contribution < -0.4 is 11.1 Å². The lowest BCUT2D eigenvalue weighted by atomic mass is 10.00. The lowest BCUT2D eigenvalue weighted by Gasteiger charge is -2.12. The van der Waals surface area contributed by atoms with Gasteiger partial charge in [-0.1, -0.05) is 17.7 Å². The van der Waals surface area contributed by atoms with Crippen LogP contribution in [0.5, 0.6) is 0 Å². The molecule has 0 fully saturated rings. The van der Waals surface area contributed by atoms with Crippen LogP contribution in [0, 0.1) is 20.8 Å². The number of aryl methyl sites for hydroxylation is 3. The number of amides is 1. The van der Waals surface area contributed by atoms with Gasteiger partial charge in [-0.05, 0) is 37.5 Å². The Labute approximate surface area is 102 Å². The molecule has 94 valence electrons. The second kappa shape index (κ2) is 6.25. The Morgan fingerprint density at radius 3 is 2.41 bits per heavy atom. The summed E-state index contributed by atoms with van der Waals surface area (Å²) in [5.41, 5.74) is 10.0. The standard InChI is InChI=1S/C13H20N2O2/c1-9-6-10(2)12(11(3)7-9)8-15-4-5-17-13(14)16/h6-7,15H,4-5,8H2,1-3H3,(H2,14,16). The van der Waals surface area contributed by atoms with Gasteiger partial charge in [0.05, 0.1) is 0 Å². The summed E-state index contributed by atoms with van der Waals surface area (Å²) in [6.07, 6.45) is -0.727. The van der Waals surface area contributed by atoms with E-state index in [1.807, 2.05) is 0 Å². The highest BCUT2D eigenvalue weighted by Crippen LogP contribution is 2.15. The van der Waals surface area contributed by atoms with Crippen LogP contribution in [0.25, 0.3) is 0 Å². The number of hydrogen-bond acceptors (Lipinski definition) is 3. The highest BCUT2D eigenvalue weighted by Gasteiger charge is 2.03. The zero-order chi connectivity index (χ0) is 12.8. The van der Waals surface area contributed by atoms with Crippen LogP contribution in [0.1, 0.15) is 22.3 Å². The van der Waals surface area contributed by atoms with E-state index in [0.29, 0.717) is 13.2 Å². The largest absolute Gasteiger partial charge is 0.448 e. The molecule has 4 nitrogen and oxygen atoms in total. The molecule has 1 aromatic rings. The smallest absolute Gasteiger partial charge is 0.404 e. The third-order valence-electron chi connectivity index (χ3n) is 2.67. The van der Waals surface area contributed by atoms with Gasteiger partial charge in [0, 0.05) is 13.1 Å². The first-order valence-corrected chi connectivity index (χ1v) is 5.70. The van der Waals surface area contributed by atoms with Crippen LogP contribution in [-0.4, -0.2) is 19.2 Å². The van der Waals surface area contributed by atoms with E-state index in [0.717, 1.165) is 6.54 Å². The van der Waals surface area contributed by atoms with E-state index in [-0.39, 0.29) is 0 Å². The molecule has 0 bridgehead atoms. The van der Waals surface area contributed by atoms with Gasteiger partial charge in [-0.2, -0.15) is 0 Å². The summed E-state index contributed by atoms with van der Waals surface area (Å²) in [6, 6.07) is 4.34. The maximum Gasteiger partial charge on any atom is 0.404 e. The zero-order valence-corrected chi connectivity index (χ0v) is 10.7. The third-order valence-corrected chi connectivity index (χ3v) is 2.67. The number of benzene rings is 1. The molecule has 17 heavy (non-hydrogen) atoms. The van der Waals surface area contributed by atoms with E-state index in [4.69, 9.17) is 5.73 Å². The normalized spacial score (nSPS) is 10.3. The maximum absolute atomic E-state index is 10.4. The van der Waals surface area contributed by atoms with Crippen LogP contribution in [-0.2, 0) is 11.3 Å². The molecule has 3 N–H and O–H groups in total. The number of nitrogens with one attached hydrogen (secondary N) is 1. The summed E-state index contributed by atoms with van der Waals surface area (Å²) in [4.78, 5) is 10.4. The SMILES string of the molecule is Cc1cc(C)c(CNCCOC(N)=O)c(C)c1. The van der Waals surface area contributed by atoms with Crippen LogP contribution in [0.15, 0.2) is 12.1 Å². The number of primary amides is 1. The topological polar surface area (TPSA) is 64.3 Å². The molecular formula is C13H20N2O2. The summed E-state index contributed by atoms with van der Waals surface area (Å²) in [6.45, 7) is 8.00. The van der Waals surface area contributed by atoms with Crippen LogP contribution in [0.4, 0.5) is 4.79 Å². The van der Waals surface area contributed by atoms with Crippen molar-refractivity contribution in [1.29, 1.82) is 0 Å². The Balaban J connectivity index is 2.44. The fraction of sp³-hybridized carbons (Fsp3) is 0.462. The molecule has 0 radical (unpaired) electrons. The van der Waals surface area contributed by atoms with Crippen molar-refractivity contribution in [1.82, 2.24) is 5.32 Å². The summed E-state index contributed by atoms with van der Waals surface area (Å²) >= 11 is 0. The molecule has 4 heteroatoms. The van der Waals surface area contributed by atoms with Gasteiger partial charge in [0.15, 0.2) is 0 Å². The molecule has 0 saturated carbocycles. The Hall–Kier alpha value is -1.55. The van der Waals surface area contributed by atoms with Crippen molar-refractivity contribution < 1.29 is 9.53 Å². The molecular weight excluding hydrogens is 216 g/mol. The van der Waals surface area contributed by atoms with Crippen molar-refractivity contribution in [3.8, 4) is 0 Å². The summed E-state index contributed by atoms with van der Waals surface area (Å²) in [7, 11) is 0. The molecule has 0 atom stereocenters. The molecule has 0 aliphatic carbocycles. The Kier molecular flexibility index (Phi) is 4.97. The molecule has 0 aliphatic heterocycles. The first-order valence-electron chi connectivity index (χ1n) is 5.70. The van der Waals surface area contributed by atoms with E-state index in [9.17, 15) is 4.79 Å². The molecule has 0 unspecified atom stereocenters. The highest BCUT2D eigenvalue weighted by atomic mass is 16.5. The summed E-state index contributed by atoms with van der Waals surface area (Å²) < 4.78 is 4.64. The van der Waals surface area contributed by atoms with Crippen molar-refractivity contribution in [2.24, 2.45) is 5.73 Å². The monoisotopic (exact) mass is 236 g/mol. The van der Waals surface area contributed by atoms with Gasteiger partial charge in [-0.25, -0.2) is 4.79 Å². The molecule has 1 amide bonds. The number of carbonyl (C=O) groups is 1. The minimum atomic E-state index is -0.727. The third kappa shape index (κ3) is 4.44. The fourth-order valence-corrected chi connectivity index (χ4v) is 1.93. The fourth-order valence-electron chi connectivity index (χ4n) is 1.93. The summed E-state index contributed by atoms with van der Waals surface area (Å²) in [5.74, 6) is 0. The summed E-state index contributed by atoms with van der Waals surface area (Å²) in [5, 5.41) is 3.23. The lowest BCUT2D eigenvalue weighted by molar-refractivity contribution is 0.157. The van der Waals surface area contributed by atoms with E-state index < -0.39 is 6.09 Å². The van der Waals surface area contributed by atoms with Crippen LogP contribution in [0.3, 0.4) is 0 Å². The molecule has 0 aliphatic rings. The Morgan fingerprint density at radius 1 is 1.29 bits per heavy atom. The van der Waals surface area contributed by atoms with Gasteiger partial charge in [0.2, 0.25) is 0 Å². The van der Waals surface area contributed by atoms with Crippen molar-refractivity contribution in [3.05, 3.63) is 34.4 Å². The average molecular weight is 236 g/mol. The van der Waals surface area contributed by atoms with E-state index >= 15 is 0 Å². The second-order valence-corrected chi connectivity index (χ2v) is 4.22. The number of ether oxygens (including phenoxy) is 1. The average Bonchev–Trinajstić information content (AvgIpc) is 2.20. The predicted octanol–water partition coefficient (Wildman–Crippen LogP) is 1.80. The van der Waals surface area contributed by atoms with Gasteiger partial charge in [-0.15, -0.1) is 0 Å². The van der Waals surface area contributed by atoms with Crippen LogP contribution in [0.2, 0.25) is 0 Å². The van der Waals surface area contributed by atoms with Gasteiger partial charge < -0.3 is 15.8 Å². The second-order valence-electron chi connectivity index (χ2n) is 4.22. The van der Waals surface area contributed by atoms with Gasteiger partial charge >= 0.3 is 6.09 Å². The molecule has 0 saturated heterocycles. The quantitative estimate of drug-likeness (QED) is 0.766. The molecule has 0 aromatic heterocycles. The number of rotatable bonds is 5. The van der Waals surface area contributed by atoms with E-state index in [2.05, 4.69) is 43.0 Å². The highest BCUT2D eigenvalue weighted by molar-refractivity contribution is 5.64. The number of hydrogen-bond donors (Lipinski definition) is 2. The Bertz CT molecular complexity index is 379. The lowest BCUT2D eigenvalue weighted by Crippen LogP contribution is -2.23. The zero-order valence-electron chi connectivity index (χ0n) is 10.7. The first-order chi connectivity index (χ1) is 8.00. The Morgan fingerprint density at radius 2 is 1.88 bits per heavy atom. The first kappa shape index (κ1) is 13.5. The molecule has 1 rings (SSSR count). The van der Waals surface area contributed by atoms with Gasteiger partial charge in [0.25, 0.3) is 0 Å². The van der Waals surface area contributed by atoms with E-state index in [1.54, 1.807) is 0 Å². The minimum Gasteiger partial charge on any atom is -0.448 e. The van der Waals surface area contributed by atoms with Gasteiger partial charge in [0.1, 0.15) is 6.61 Å².